The summed E-state index contributed by atoms with van der Waals surface area (Å²) in [7, 11) is 1.49. The van der Waals surface area contributed by atoms with Gasteiger partial charge in [0.25, 0.3) is 0 Å². The van der Waals surface area contributed by atoms with E-state index in [2.05, 4.69) is 17.1 Å². The van der Waals surface area contributed by atoms with Gasteiger partial charge in [-0.25, -0.2) is 0 Å². The van der Waals surface area contributed by atoms with Gasteiger partial charge in [0.2, 0.25) is 0 Å². The fourth-order valence-electron chi connectivity index (χ4n) is 3.21. The molecule has 1 saturated heterocycles. The lowest BCUT2D eigenvalue weighted by Gasteiger charge is -2.41. The Hall–Kier alpha value is -0.610. The first-order chi connectivity index (χ1) is 9.09. The van der Waals surface area contributed by atoms with E-state index in [4.69, 9.17) is 4.74 Å². The van der Waals surface area contributed by atoms with Gasteiger partial charge in [-0.05, 0) is 45.6 Å². The number of ether oxygens (including phenoxy) is 1. The van der Waals surface area contributed by atoms with E-state index in [0.717, 1.165) is 13.1 Å². The lowest BCUT2D eigenvalue weighted by molar-refractivity contribution is -0.149. The molecule has 0 aromatic rings. The van der Waals surface area contributed by atoms with Gasteiger partial charge in [0.15, 0.2) is 0 Å². The molecule has 0 amide bonds. The number of carbonyl (C=O) groups is 1. The highest BCUT2D eigenvalue weighted by Gasteiger charge is 2.41. The van der Waals surface area contributed by atoms with Crippen LogP contribution >= 0.6 is 0 Å². The second-order valence-corrected chi connectivity index (χ2v) is 6.27. The summed E-state index contributed by atoms with van der Waals surface area (Å²) in [5, 5.41) is 3.49. The number of nitrogens with one attached hydrogen (secondary N) is 1. The van der Waals surface area contributed by atoms with Crippen molar-refractivity contribution in [3.8, 4) is 0 Å². The van der Waals surface area contributed by atoms with Gasteiger partial charge in [-0.3, -0.25) is 15.0 Å². The van der Waals surface area contributed by atoms with Crippen LogP contribution in [0.2, 0.25) is 0 Å². The molecule has 19 heavy (non-hydrogen) atoms. The third-order valence-electron chi connectivity index (χ3n) is 4.48. The van der Waals surface area contributed by atoms with E-state index < -0.39 is 5.54 Å². The maximum Gasteiger partial charge on any atom is 0.327 e. The molecule has 2 atom stereocenters. The predicted molar refractivity (Wildman–Crippen MR) is 76.1 cm³/mol. The molecule has 1 heterocycles. The molecule has 0 aromatic heterocycles. The number of nitrogens with zero attached hydrogens (tertiary/aromatic N) is 1. The quantitative estimate of drug-likeness (QED) is 0.748. The number of piperidine rings is 1. The van der Waals surface area contributed by atoms with Gasteiger partial charge >= 0.3 is 5.97 Å². The zero-order chi connectivity index (χ0) is 13.9. The number of carbonyl (C=O) groups excluding carboxylic acids is 1. The average molecular weight is 268 g/mol. The normalized spacial score (nSPS) is 27.8. The first-order valence-electron chi connectivity index (χ1n) is 7.69. The molecular formula is C15H28N2O2. The third kappa shape index (κ3) is 3.69. The van der Waals surface area contributed by atoms with Crippen LogP contribution in [-0.2, 0) is 9.53 Å². The summed E-state index contributed by atoms with van der Waals surface area (Å²) in [5.41, 5.74) is -0.555. The molecule has 1 aliphatic carbocycles. The van der Waals surface area contributed by atoms with Gasteiger partial charge in [-0.2, -0.15) is 0 Å². The zero-order valence-electron chi connectivity index (χ0n) is 12.6. The number of methoxy groups -OCH3 is 1. The molecule has 1 aliphatic heterocycles. The van der Waals surface area contributed by atoms with Crippen molar-refractivity contribution in [3.05, 3.63) is 0 Å². The SMILES string of the molecule is CCC1CCCCN1CC(C)(NC1CC1)C(=O)OC. The number of esters is 1. The number of hydrogen-bond acceptors (Lipinski definition) is 4. The summed E-state index contributed by atoms with van der Waals surface area (Å²) < 4.78 is 5.03. The van der Waals surface area contributed by atoms with Gasteiger partial charge in [0, 0.05) is 18.6 Å². The minimum absolute atomic E-state index is 0.125. The molecule has 2 rings (SSSR count). The largest absolute Gasteiger partial charge is 0.468 e. The van der Waals surface area contributed by atoms with Crippen LogP contribution in [0.5, 0.6) is 0 Å². The lowest BCUT2D eigenvalue weighted by atomic mass is 9.95. The fourth-order valence-corrected chi connectivity index (χ4v) is 3.21. The number of rotatable bonds is 6. The Kier molecular flexibility index (Phi) is 4.85. The summed E-state index contributed by atoms with van der Waals surface area (Å²) in [4.78, 5) is 14.6. The monoisotopic (exact) mass is 268 g/mol. The van der Waals surface area contributed by atoms with Crippen LogP contribution in [0.1, 0.15) is 52.4 Å². The van der Waals surface area contributed by atoms with Gasteiger partial charge in [-0.1, -0.05) is 13.3 Å². The Labute approximate surface area is 116 Å². The van der Waals surface area contributed by atoms with Crippen molar-refractivity contribution < 1.29 is 9.53 Å². The van der Waals surface area contributed by atoms with E-state index >= 15 is 0 Å². The van der Waals surface area contributed by atoms with E-state index in [9.17, 15) is 4.79 Å². The fraction of sp³-hybridized carbons (Fsp3) is 0.933. The van der Waals surface area contributed by atoms with Crippen molar-refractivity contribution in [1.82, 2.24) is 10.2 Å². The van der Waals surface area contributed by atoms with E-state index in [0.29, 0.717) is 12.1 Å². The second-order valence-electron chi connectivity index (χ2n) is 6.27. The highest BCUT2D eigenvalue weighted by molar-refractivity contribution is 5.80. The van der Waals surface area contributed by atoms with Crippen molar-refractivity contribution >= 4 is 5.97 Å². The Morgan fingerprint density at radius 2 is 2.11 bits per heavy atom. The predicted octanol–water partition coefficient (Wildman–Crippen LogP) is 1.93. The average Bonchev–Trinajstić information content (AvgIpc) is 3.22. The summed E-state index contributed by atoms with van der Waals surface area (Å²) in [6.07, 6.45) is 7.36. The summed E-state index contributed by atoms with van der Waals surface area (Å²) in [5.74, 6) is -0.125. The Morgan fingerprint density at radius 1 is 1.37 bits per heavy atom. The molecular weight excluding hydrogens is 240 g/mol. The van der Waals surface area contributed by atoms with Crippen LogP contribution in [0.25, 0.3) is 0 Å². The molecule has 0 radical (unpaired) electrons. The van der Waals surface area contributed by atoms with E-state index in [1.54, 1.807) is 0 Å². The van der Waals surface area contributed by atoms with Crippen LogP contribution < -0.4 is 5.32 Å². The summed E-state index contributed by atoms with van der Waals surface area (Å²) in [6, 6.07) is 1.13. The topological polar surface area (TPSA) is 41.6 Å². The van der Waals surface area contributed by atoms with Crippen molar-refractivity contribution in [2.24, 2.45) is 0 Å². The molecule has 110 valence electrons. The number of likely N-dealkylation sites (tertiary alicyclic amines) is 1. The smallest absolute Gasteiger partial charge is 0.327 e. The Balaban J connectivity index is 2.02. The van der Waals surface area contributed by atoms with Gasteiger partial charge in [-0.15, -0.1) is 0 Å². The minimum Gasteiger partial charge on any atom is -0.468 e. The minimum atomic E-state index is -0.555. The molecule has 4 nitrogen and oxygen atoms in total. The van der Waals surface area contributed by atoms with E-state index in [-0.39, 0.29) is 5.97 Å². The number of hydrogen-bond donors (Lipinski definition) is 1. The maximum absolute atomic E-state index is 12.2. The van der Waals surface area contributed by atoms with Crippen molar-refractivity contribution in [1.29, 1.82) is 0 Å². The second kappa shape index (κ2) is 6.23. The molecule has 2 fully saturated rings. The van der Waals surface area contributed by atoms with Crippen LogP contribution in [0, 0.1) is 0 Å². The van der Waals surface area contributed by atoms with E-state index in [1.807, 2.05) is 6.92 Å². The highest BCUT2D eigenvalue weighted by Crippen LogP contribution is 2.26. The molecule has 0 bridgehead atoms. The molecule has 0 spiro atoms. The molecule has 0 aromatic carbocycles. The van der Waals surface area contributed by atoms with Crippen LogP contribution in [0.3, 0.4) is 0 Å². The van der Waals surface area contributed by atoms with Gasteiger partial charge in [0.05, 0.1) is 7.11 Å². The Bertz CT molecular complexity index is 317. The molecule has 4 heteroatoms. The van der Waals surface area contributed by atoms with Crippen LogP contribution in [0.4, 0.5) is 0 Å². The lowest BCUT2D eigenvalue weighted by Crippen LogP contribution is -2.60. The van der Waals surface area contributed by atoms with Crippen LogP contribution in [-0.4, -0.2) is 48.7 Å². The molecule has 2 unspecified atom stereocenters. The van der Waals surface area contributed by atoms with Crippen molar-refractivity contribution in [2.45, 2.75) is 70.0 Å². The van der Waals surface area contributed by atoms with Gasteiger partial charge < -0.3 is 4.74 Å². The molecule has 1 N–H and O–H groups in total. The third-order valence-corrected chi connectivity index (χ3v) is 4.48. The van der Waals surface area contributed by atoms with Crippen molar-refractivity contribution in [2.75, 3.05) is 20.2 Å². The molecule has 1 saturated carbocycles. The highest BCUT2D eigenvalue weighted by atomic mass is 16.5. The standard InChI is InChI=1S/C15H28N2O2/c1-4-13-7-5-6-10-17(13)11-15(2,14(18)19-3)16-12-8-9-12/h12-13,16H,4-11H2,1-3H3. The van der Waals surface area contributed by atoms with Crippen LogP contribution in [0.15, 0.2) is 0 Å². The van der Waals surface area contributed by atoms with Crippen molar-refractivity contribution in [3.63, 3.8) is 0 Å². The first-order valence-corrected chi connectivity index (χ1v) is 7.69. The van der Waals surface area contributed by atoms with E-state index in [1.165, 1.54) is 45.6 Å². The molecule has 2 aliphatic rings. The zero-order valence-corrected chi connectivity index (χ0v) is 12.6. The van der Waals surface area contributed by atoms with Gasteiger partial charge in [0.1, 0.15) is 5.54 Å². The summed E-state index contributed by atoms with van der Waals surface area (Å²) >= 11 is 0. The first kappa shape index (κ1) is 14.8. The summed E-state index contributed by atoms with van der Waals surface area (Å²) in [6.45, 7) is 6.12. The Morgan fingerprint density at radius 3 is 2.68 bits per heavy atom. The maximum atomic E-state index is 12.2.